The van der Waals surface area contributed by atoms with Crippen molar-refractivity contribution in [3.05, 3.63) is 160 Å². The smallest absolute Gasteiger partial charge is 0.0485 e. The molecule has 4 N–H and O–H groups in total. The summed E-state index contributed by atoms with van der Waals surface area (Å²) in [4.78, 5) is 14.9. The first-order chi connectivity index (χ1) is 19.4. The molecule has 1 aliphatic rings. The molecule has 0 fully saturated rings. The van der Waals surface area contributed by atoms with Crippen LogP contribution in [0.5, 0.6) is 0 Å². The molecule has 0 aliphatic carbocycles. The van der Waals surface area contributed by atoms with Gasteiger partial charge in [-0.1, -0.05) is 40.2 Å². The van der Waals surface area contributed by atoms with Gasteiger partial charge in [0.25, 0.3) is 0 Å². The number of nitrogens with one attached hydrogen (secondary N) is 4. The highest BCUT2D eigenvalue weighted by atomic mass is 127. The van der Waals surface area contributed by atoms with Crippen molar-refractivity contribution in [1.82, 2.24) is 19.9 Å². The Morgan fingerprint density at radius 2 is 0.850 bits per heavy atom. The number of H-pyrrole nitrogens is 4. The standard InChI is InChI=1S/C34H26BrIN4/c1-19-25-11-15-29(37-25)33(21-3-7-23(35)8-4-21)30-16-12-26(38-30)20(2)28-14-18-32(40-28)34(31-17-13-27(19)39-31)22-5-9-24(36)10-6-22/h3-18,37-40H,1-2H3. The summed E-state index contributed by atoms with van der Waals surface area (Å²) in [6, 6.07) is 34.6. The average molecular weight is 697 g/mol. The Hall–Kier alpha value is -3.75. The normalized spacial score (nSPS) is 13.3. The zero-order valence-corrected chi connectivity index (χ0v) is 25.7. The Labute approximate surface area is 253 Å². The summed E-state index contributed by atoms with van der Waals surface area (Å²) in [5.41, 5.74) is 11.2. The number of aromatic amines is 4. The van der Waals surface area contributed by atoms with Gasteiger partial charge in [0, 0.05) is 63.4 Å². The number of aromatic nitrogens is 4. The van der Waals surface area contributed by atoms with E-state index in [9.17, 15) is 0 Å². The van der Waals surface area contributed by atoms with Crippen LogP contribution >= 0.6 is 38.5 Å². The number of rotatable bonds is 2. The second kappa shape index (κ2) is 10.0. The molecule has 4 aromatic heterocycles. The lowest BCUT2D eigenvalue weighted by Crippen LogP contribution is -2.17. The molecular weight excluding hydrogens is 671 g/mol. The first-order valence-electron chi connectivity index (χ1n) is 13.2. The second-order valence-electron chi connectivity index (χ2n) is 10.2. The Balaban J connectivity index is 1.57. The predicted molar refractivity (Wildman–Crippen MR) is 175 cm³/mol. The average Bonchev–Trinajstić information content (AvgIpc) is 3.78. The zero-order valence-electron chi connectivity index (χ0n) is 22.0. The summed E-state index contributed by atoms with van der Waals surface area (Å²) >= 11 is 5.95. The molecular formula is C34H26BrIN4. The van der Waals surface area contributed by atoms with E-state index in [4.69, 9.17) is 0 Å². The fraction of sp³-hybridized carbons (Fsp3) is 0.0588. The van der Waals surface area contributed by atoms with Crippen LogP contribution in [-0.4, -0.2) is 19.9 Å². The summed E-state index contributed by atoms with van der Waals surface area (Å²) in [5.74, 6) is 0. The summed E-state index contributed by atoms with van der Waals surface area (Å²) in [6.45, 7) is 4.33. The molecule has 0 amide bonds. The molecule has 0 saturated carbocycles. The minimum Gasteiger partial charge on any atom is -0.355 e. The SMILES string of the molecule is CC1=c2ccc([nH]2)=C(c2ccc(Br)cc2)c2ccc([nH]2)C(C)=c2ccc([nH]2)=C(c2ccc(I)cc2)c2ccc1[nH]2. The highest BCUT2D eigenvalue weighted by molar-refractivity contribution is 14.1. The summed E-state index contributed by atoms with van der Waals surface area (Å²) in [7, 11) is 0. The lowest BCUT2D eigenvalue weighted by atomic mass is 10.0. The Kier molecular flexibility index (Phi) is 6.32. The topological polar surface area (TPSA) is 63.2 Å². The largest absolute Gasteiger partial charge is 0.355 e. The van der Waals surface area contributed by atoms with Crippen LogP contribution < -0.4 is 21.4 Å². The maximum Gasteiger partial charge on any atom is 0.0485 e. The summed E-state index contributed by atoms with van der Waals surface area (Å²) < 4.78 is 2.27. The molecule has 40 heavy (non-hydrogen) atoms. The Bertz CT molecular complexity index is 1980. The number of hydrogen-bond acceptors (Lipinski definition) is 0. The highest BCUT2D eigenvalue weighted by Crippen LogP contribution is 2.25. The van der Waals surface area contributed by atoms with Crippen molar-refractivity contribution in [3.8, 4) is 0 Å². The van der Waals surface area contributed by atoms with E-state index in [0.717, 1.165) is 82.1 Å². The van der Waals surface area contributed by atoms with Gasteiger partial charge in [-0.2, -0.15) is 0 Å². The molecule has 0 radical (unpaired) electrons. The molecule has 8 bridgehead atoms. The lowest BCUT2D eigenvalue weighted by molar-refractivity contribution is 1.18. The van der Waals surface area contributed by atoms with Crippen LogP contribution in [0.15, 0.2) is 102 Å². The Morgan fingerprint density at radius 3 is 1.32 bits per heavy atom. The molecule has 6 aromatic rings. The molecule has 5 heterocycles. The highest BCUT2D eigenvalue weighted by Gasteiger charge is 2.14. The van der Waals surface area contributed by atoms with Crippen molar-refractivity contribution in [1.29, 1.82) is 0 Å². The van der Waals surface area contributed by atoms with Gasteiger partial charge in [0.1, 0.15) is 0 Å². The Morgan fingerprint density at radius 1 is 0.450 bits per heavy atom. The minimum absolute atomic E-state index is 1.06. The maximum absolute atomic E-state index is 3.73. The van der Waals surface area contributed by atoms with Crippen LogP contribution in [0.1, 0.15) is 47.8 Å². The van der Waals surface area contributed by atoms with Crippen molar-refractivity contribution < 1.29 is 0 Å². The fourth-order valence-electron chi connectivity index (χ4n) is 5.47. The van der Waals surface area contributed by atoms with Gasteiger partial charge in [-0.25, -0.2) is 0 Å². The van der Waals surface area contributed by atoms with E-state index < -0.39 is 0 Å². The molecule has 6 heteroatoms. The summed E-state index contributed by atoms with van der Waals surface area (Å²) in [6.07, 6.45) is 0. The van der Waals surface area contributed by atoms with Gasteiger partial charge >= 0.3 is 0 Å². The van der Waals surface area contributed by atoms with E-state index in [1.807, 2.05) is 0 Å². The van der Waals surface area contributed by atoms with Crippen LogP contribution in [0.25, 0.3) is 22.3 Å². The van der Waals surface area contributed by atoms with Gasteiger partial charge in [-0.05, 0) is 132 Å². The fourth-order valence-corrected chi connectivity index (χ4v) is 6.10. The predicted octanol–water partition coefficient (Wildman–Crippen LogP) is 5.61. The molecule has 0 saturated heterocycles. The molecule has 4 nitrogen and oxygen atoms in total. The van der Waals surface area contributed by atoms with Gasteiger partial charge in [-0.15, -0.1) is 0 Å². The molecule has 0 spiro atoms. The van der Waals surface area contributed by atoms with Gasteiger partial charge < -0.3 is 19.9 Å². The van der Waals surface area contributed by atoms with Crippen molar-refractivity contribution in [2.24, 2.45) is 0 Å². The van der Waals surface area contributed by atoms with Crippen LogP contribution in [0, 0.1) is 3.57 Å². The quantitative estimate of drug-likeness (QED) is 0.170. The van der Waals surface area contributed by atoms with Gasteiger partial charge in [0.2, 0.25) is 0 Å². The minimum atomic E-state index is 1.06. The third-order valence-electron chi connectivity index (χ3n) is 7.70. The lowest BCUT2D eigenvalue weighted by Gasteiger charge is -2.07. The van der Waals surface area contributed by atoms with Gasteiger partial charge in [-0.3, -0.25) is 0 Å². The number of halogens is 2. The summed E-state index contributed by atoms with van der Waals surface area (Å²) in [5, 5.41) is 4.30. The molecule has 0 unspecified atom stereocenters. The van der Waals surface area contributed by atoms with E-state index >= 15 is 0 Å². The molecule has 196 valence electrons. The van der Waals surface area contributed by atoms with Gasteiger partial charge in [0.15, 0.2) is 0 Å². The number of fused-ring (bicyclic) bond motifs is 8. The molecule has 0 atom stereocenters. The van der Waals surface area contributed by atoms with E-state index in [0.29, 0.717) is 0 Å². The van der Waals surface area contributed by atoms with E-state index in [-0.39, 0.29) is 0 Å². The van der Waals surface area contributed by atoms with Crippen molar-refractivity contribution >= 4 is 60.8 Å². The third kappa shape index (κ3) is 4.45. The van der Waals surface area contributed by atoms with E-state index in [2.05, 4.69) is 169 Å². The van der Waals surface area contributed by atoms with Crippen molar-refractivity contribution in [3.63, 3.8) is 0 Å². The van der Waals surface area contributed by atoms with E-state index in [1.165, 1.54) is 3.57 Å². The molecule has 1 aliphatic heterocycles. The maximum atomic E-state index is 3.73. The zero-order chi connectivity index (χ0) is 27.4. The monoisotopic (exact) mass is 696 g/mol. The van der Waals surface area contributed by atoms with Crippen LogP contribution in [0.3, 0.4) is 0 Å². The second-order valence-corrected chi connectivity index (χ2v) is 12.3. The van der Waals surface area contributed by atoms with E-state index in [1.54, 1.807) is 0 Å². The molecule has 7 rings (SSSR count). The third-order valence-corrected chi connectivity index (χ3v) is 8.95. The molecule has 2 aromatic carbocycles. The van der Waals surface area contributed by atoms with Crippen LogP contribution in [0.2, 0.25) is 0 Å². The van der Waals surface area contributed by atoms with Crippen molar-refractivity contribution in [2.45, 2.75) is 13.8 Å². The van der Waals surface area contributed by atoms with Gasteiger partial charge in [0.05, 0.1) is 0 Å². The van der Waals surface area contributed by atoms with Crippen LogP contribution in [-0.2, 0) is 0 Å². The van der Waals surface area contributed by atoms with Crippen LogP contribution in [0.4, 0.5) is 0 Å². The van der Waals surface area contributed by atoms with Crippen molar-refractivity contribution in [2.75, 3.05) is 0 Å². The first kappa shape index (κ1) is 25.2. The first-order valence-corrected chi connectivity index (χ1v) is 15.0. The number of hydrogen-bond donors (Lipinski definition) is 4. The number of benzene rings is 2.